The largest absolute Gasteiger partial charge is 0.379 e. The van der Waals surface area contributed by atoms with Crippen LogP contribution in [0.15, 0.2) is 27.9 Å². The van der Waals surface area contributed by atoms with Crippen molar-refractivity contribution in [1.29, 1.82) is 0 Å². The van der Waals surface area contributed by atoms with Crippen molar-refractivity contribution in [1.82, 2.24) is 20.4 Å². The van der Waals surface area contributed by atoms with Crippen molar-refractivity contribution in [3.8, 4) is 0 Å². The van der Waals surface area contributed by atoms with E-state index in [1.165, 1.54) is 12.5 Å². The van der Waals surface area contributed by atoms with Gasteiger partial charge in [-0.15, -0.1) is 0 Å². The summed E-state index contributed by atoms with van der Waals surface area (Å²) in [6.07, 6.45) is 3.34. The third kappa shape index (κ3) is 3.84. The number of hydrogen-bond acceptors (Lipinski definition) is 6. The van der Waals surface area contributed by atoms with Crippen molar-refractivity contribution in [3.05, 3.63) is 46.0 Å². The van der Waals surface area contributed by atoms with E-state index in [1.807, 2.05) is 13.0 Å². The van der Waals surface area contributed by atoms with Gasteiger partial charge in [-0.3, -0.25) is 9.59 Å². The number of carbonyl (C=O) groups is 1. The highest BCUT2D eigenvalue weighted by Gasteiger charge is 2.30. The molecule has 1 amide bonds. The van der Waals surface area contributed by atoms with Crippen molar-refractivity contribution in [2.24, 2.45) is 5.92 Å². The molecule has 2 aromatic heterocycles. The number of rotatable bonds is 5. The number of hydrogen-bond donors (Lipinski definition) is 2. The molecule has 2 aromatic rings. The van der Waals surface area contributed by atoms with Gasteiger partial charge in [0.25, 0.3) is 5.56 Å². The van der Waals surface area contributed by atoms with Crippen molar-refractivity contribution in [2.75, 3.05) is 13.2 Å². The Balaban J connectivity index is 1.59. The predicted octanol–water partition coefficient (Wildman–Crippen LogP) is -0.0173. The Labute approximate surface area is 132 Å². The van der Waals surface area contributed by atoms with Crippen LogP contribution in [0.1, 0.15) is 17.0 Å². The molecule has 122 valence electrons. The molecule has 8 nitrogen and oxygen atoms in total. The van der Waals surface area contributed by atoms with Crippen molar-refractivity contribution < 1.29 is 14.1 Å². The Bertz CT molecular complexity index is 739. The number of ether oxygens (including phenoxy) is 1. The maximum Gasteiger partial charge on any atom is 0.254 e. The lowest BCUT2D eigenvalue weighted by Crippen LogP contribution is -2.41. The molecule has 0 unspecified atom stereocenters. The molecular weight excluding hydrogens is 300 g/mol. The van der Waals surface area contributed by atoms with Gasteiger partial charge in [-0.2, -0.15) is 0 Å². The van der Waals surface area contributed by atoms with E-state index < -0.39 is 0 Å². The minimum atomic E-state index is -0.300. The monoisotopic (exact) mass is 318 g/mol. The highest BCUT2D eigenvalue weighted by molar-refractivity contribution is 5.78. The summed E-state index contributed by atoms with van der Waals surface area (Å²) < 4.78 is 10.7. The van der Waals surface area contributed by atoms with Crippen LogP contribution in [0.2, 0.25) is 0 Å². The standard InChI is InChI=1S/C15H18N4O4/c1-9-2-12(23-19-9)3-11-6-22-7-13(11)18-14(20)4-10-5-16-8-17-15(10)21/h2,5,8,11,13H,3-4,6-7H2,1H3,(H,18,20)(H,16,17,21)/t11-,13+/m1/s1. The molecule has 8 heteroatoms. The second kappa shape index (κ2) is 6.74. The van der Waals surface area contributed by atoms with Gasteiger partial charge in [-0.05, 0) is 6.92 Å². The number of amides is 1. The second-order valence-electron chi connectivity index (χ2n) is 5.69. The van der Waals surface area contributed by atoms with Crippen LogP contribution < -0.4 is 10.9 Å². The van der Waals surface area contributed by atoms with E-state index in [9.17, 15) is 9.59 Å². The SMILES string of the molecule is Cc1cc(C[C@@H]2COC[C@@H]2NC(=O)Cc2cnc[nH]c2=O)on1. The van der Waals surface area contributed by atoms with E-state index in [4.69, 9.17) is 9.26 Å². The van der Waals surface area contributed by atoms with E-state index in [1.54, 1.807) is 0 Å². The summed E-state index contributed by atoms with van der Waals surface area (Å²) in [5.41, 5.74) is 0.869. The average Bonchev–Trinajstić information content (AvgIpc) is 3.11. The smallest absolute Gasteiger partial charge is 0.254 e. The third-order valence-corrected chi connectivity index (χ3v) is 3.83. The van der Waals surface area contributed by atoms with Gasteiger partial charge in [-0.1, -0.05) is 5.16 Å². The van der Waals surface area contributed by atoms with Crippen molar-refractivity contribution in [3.63, 3.8) is 0 Å². The minimum Gasteiger partial charge on any atom is -0.379 e. The highest BCUT2D eigenvalue weighted by Crippen LogP contribution is 2.19. The fraction of sp³-hybridized carbons (Fsp3) is 0.467. The van der Waals surface area contributed by atoms with Crippen LogP contribution >= 0.6 is 0 Å². The van der Waals surface area contributed by atoms with E-state index in [2.05, 4.69) is 20.4 Å². The number of nitrogens with one attached hydrogen (secondary N) is 2. The molecule has 0 saturated carbocycles. The first-order valence-corrected chi connectivity index (χ1v) is 7.42. The van der Waals surface area contributed by atoms with Crippen molar-refractivity contribution in [2.45, 2.75) is 25.8 Å². The Kier molecular flexibility index (Phi) is 4.52. The lowest BCUT2D eigenvalue weighted by atomic mass is 9.98. The van der Waals surface area contributed by atoms with Crippen LogP contribution in [0.4, 0.5) is 0 Å². The van der Waals surface area contributed by atoms with Gasteiger partial charge in [-0.25, -0.2) is 4.98 Å². The Morgan fingerprint density at radius 2 is 2.35 bits per heavy atom. The Morgan fingerprint density at radius 1 is 1.48 bits per heavy atom. The van der Waals surface area contributed by atoms with E-state index in [0.29, 0.717) is 25.2 Å². The van der Waals surface area contributed by atoms with Crippen LogP contribution in [0, 0.1) is 12.8 Å². The number of H-pyrrole nitrogens is 1. The summed E-state index contributed by atoms with van der Waals surface area (Å²) in [7, 11) is 0. The normalized spacial score (nSPS) is 20.6. The molecule has 0 aliphatic carbocycles. The van der Waals surface area contributed by atoms with Crippen LogP contribution in [-0.2, 0) is 22.4 Å². The number of aryl methyl sites for hydroxylation is 1. The molecule has 3 heterocycles. The maximum absolute atomic E-state index is 12.1. The summed E-state index contributed by atoms with van der Waals surface area (Å²) in [6, 6.07) is 1.77. The first-order valence-electron chi connectivity index (χ1n) is 7.42. The van der Waals surface area contributed by atoms with E-state index in [0.717, 1.165) is 11.5 Å². The first-order chi connectivity index (χ1) is 11.1. The second-order valence-corrected chi connectivity index (χ2v) is 5.69. The summed E-state index contributed by atoms with van der Waals surface area (Å²) >= 11 is 0. The van der Waals surface area contributed by atoms with Crippen LogP contribution in [0.3, 0.4) is 0 Å². The van der Waals surface area contributed by atoms with Gasteiger partial charge in [0.2, 0.25) is 5.91 Å². The van der Waals surface area contributed by atoms with Gasteiger partial charge in [0.1, 0.15) is 5.76 Å². The van der Waals surface area contributed by atoms with Crippen molar-refractivity contribution >= 4 is 5.91 Å². The molecule has 2 atom stereocenters. The van der Waals surface area contributed by atoms with Crippen LogP contribution in [0.25, 0.3) is 0 Å². The zero-order chi connectivity index (χ0) is 16.2. The quantitative estimate of drug-likeness (QED) is 0.802. The molecule has 2 N–H and O–H groups in total. The highest BCUT2D eigenvalue weighted by atomic mass is 16.5. The number of aromatic amines is 1. The van der Waals surface area contributed by atoms with Gasteiger partial charge in [0, 0.05) is 30.2 Å². The molecule has 0 radical (unpaired) electrons. The summed E-state index contributed by atoms with van der Waals surface area (Å²) in [6.45, 7) is 2.87. The lowest BCUT2D eigenvalue weighted by molar-refractivity contribution is -0.121. The maximum atomic E-state index is 12.1. The van der Waals surface area contributed by atoms with E-state index in [-0.39, 0.29) is 29.8 Å². The molecule has 1 saturated heterocycles. The molecule has 0 spiro atoms. The number of carbonyl (C=O) groups excluding carboxylic acids is 1. The van der Waals surface area contributed by atoms with Crippen LogP contribution in [0.5, 0.6) is 0 Å². The molecule has 3 rings (SSSR count). The molecule has 1 aliphatic heterocycles. The third-order valence-electron chi connectivity index (χ3n) is 3.83. The number of aromatic nitrogens is 3. The summed E-state index contributed by atoms with van der Waals surface area (Å²) in [5.74, 6) is 0.678. The zero-order valence-corrected chi connectivity index (χ0v) is 12.7. The lowest BCUT2D eigenvalue weighted by Gasteiger charge is -2.17. The Hall–Kier alpha value is -2.48. The van der Waals surface area contributed by atoms with Gasteiger partial charge >= 0.3 is 0 Å². The molecule has 23 heavy (non-hydrogen) atoms. The topological polar surface area (TPSA) is 110 Å². The average molecular weight is 318 g/mol. The minimum absolute atomic E-state index is 0.00614. The van der Waals surface area contributed by atoms with Gasteiger partial charge < -0.3 is 19.6 Å². The molecule has 0 aromatic carbocycles. The van der Waals surface area contributed by atoms with Gasteiger partial charge in [0.15, 0.2) is 0 Å². The first kappa shape index (κ1) is 15.4. The molecular formula is C15H18N4O4. The molecule has 1 fully saturated rings. The number of nitrogens with zero attached hydrogens (tertiary/aromatic N) is 2. The molecule has 1 aliphatic rings. The summed E-state index contributed by atoms with van der Waals surface area (Å²) in [4.78, 5) is 30.0. The zero-order valence-electron chi connectivity index (χ0n) is 12.7. The predicted molar refractivity (Wildman–Crippen MR) is 79.7 cm³/mol. The molecule has 0 bridgehead atoms. The fourth-order valence-corrected chi connectivity index (χ4v) is 2.66. The van der Waals surface area contributed by atoms with E-state index >= 15 is 0 Å². The Morgan fingerprint density at radius 3 is 3.09 bits per heavy atom. The fourth-order valence-electron chi connectivity index (χ4n) is 2.66. The van der Waals surface area contributed by atoms with Gasteiger partial charge in [0.05, 0.1) is 37.7 Å². The van der Waals surface area contributed by atoms with Crippen LogP contribution in [-0.4, -0.2) is 40.3 Å². The summed E-state index contributed by atoms with van der Waals surface area (Å²) in [5, 5.41) is 6.79.